The van der Waals surface area contributed by atoms with E-state index in [4.69, 9.17) is 16.3 Å². The van der Waals surface area contributed by atoms with Crippen molar-refractivity contribution in [2.75, 3.05) is 11.9 Å². The first-order valence-corrected chi connectivity index (χ1v) is 9.83. The van der Waals surface area contributed by atoms with E-state index in [1.54, 1.807) is 34.0 Å². The van der Waals surface area contributed by atoms with Gasteiger partial charge in [-0.05, 0) is 56.9 Å². The maximum Gasteiger partial charge on any atom is 0.414 e. The molecule has 0 aliphatic heterocycles. The number of rotatable bonds is 2. The number of hydrogen-bond acceptors (Lipinski definition) is 4. The van der Waals surface area contributed by atoms with Crippen LogP contribution >= 0.6 is 11.6 Å². The van der Waals surface area contributed by atoms with E-state index >= 15 is 0 Å². The molecule has 0 atom stereocenters. The molecule has 1 heterocycles. The molecule has 2 aliphatic carbocycles. The number of pyridine rings is 1. The zero-order valence-electron chi connectivity index (χ0n) is 16.8. The maximum absolute atomic E-state index is 14.6. The van der Waals surface area contributed by atoms with Crippen LogP contribution in [-0.4, -0.2) is 23.7 Å². The Balaban J connectivity index is 1.86. The molecule has 0 unspecified atom stereocenters. The van der Waals surface area contributed by atoms with Crippen molar-refractivity contribution in [1.82, 2.24) is 4.98 Å². The zero-order valence-corrected chi connectivity index (χ0v) is 17.5. The third-order valence-electron chi connectivity index (χ3n) is 5.39. The summed E-state index contributed by atoms with van der Waals surface area (Å²) in [7, 11) is 1.56. The minimum atomic E-state index is -0.668. The van der Waals surface area contributed by atoms with Gasteiger partial charge in [0.05, 0.1) is 27.9 Å². The van der Waals surface area contributed by atoms with E-state index in [0.717, 1.165) is 35.2 Å². The summed E-state index contributed by atoms with van der Waals surface area (Å²) < 4.78 is 20.0. The number of carbonyl (C=O) groups excluding carboxylic acids is 1. The highest BCUT2D eigenvalue weighted by Crippen LogP contribution is 2.56. The molecule has 1 amide bonds. The number of hydrogen-bond donors (Lipinski definition) is 0. The van der Waals surface area contributed by atoms with E-state index < -0.39 is 22.9 Å². The number of nitriles is 1. The van der Waals surface area contributed by atoms with Gasteiger partial charge in [-0.3, -0.25) is 9.88 Å². The van der Waals surface area contributed by atoms with E-state index in [0.29, 0.717) is 22.7 Å². The van der Waals surface area contributed by atoms with Crippen molar-refractivity contribution in [2.24, 2.45) is 0 Å². The molecular weight excluding hydrogens is 393 g/mol. The van der Waals surface area contributed by atoms with Gasteiger partial charge in [0.2, 0.25) is 0 Å². The predicted octanol–water partition coefficient (Wildman–Crippen LogP) is 5.37. The molecule has 0 bridgehead atoms. The fourth-order valence-electron chi connectivity index (χ4n) is 3.89. The molecule has 1 aromatic heterocycles. The molecular formula is C22H21ClFN3O2. The summed E-state index contributed by atoms with van der Waals surface area (Å²) in [6, 6.07) is 5.14. The van der Waals surface area contributed by atoms with Crippen molar-refractivity contribution in [3.63, 3.8) is 0 Å². The Kier molecular flexibility index (Phi) is 4.36. The van der Waals surface area contributed by atoms with Crippen molar-refractivity contribution < 1.29 is 13.9 Å². The lowest BCUT2D eigenvalue weighted by Crippen LogP contribution is -2.34. The Morgan fingerprint density at radius 2 is 2.07 bits per heavy atom. The SMILES string of the molecule is CN(C(=O)OC(C)(C)C)c1cc(F)cc2c1Cc1ncc(Cl)c(C3(C#N)CC3)c1-2. The number of nitrogens with zero attached hydrogens (tertiary/aromatic N) is 3. The van der Waals surface area contributed by atoms with Crippen LogP contribution in [0.15, 0.2) is 18.3 Å². The molecule has 0 N–H and O–H groups in total. The molecule has 4 rings (SSSR count). The number of aromatic nitrogens is 1. The van der Waals surface area contributed by atoms with E-state index in [9.17, 15) is 14.4 Å². The van der Waals surface area contributed by atoms with Gasteiger partial charge in [-0.1, -0.05) is 11.6 Å². The molecule has 0 saturated heterocycles. The van der Waals surface area contributed by atoms with Crippen LogP contribution < -0.4 is 4.90 Å². The number of carbonyl (C=O) groups is 1. The van der Waals surface area contributed by atoms with Crippen molar-refractivity contribution in [3.05, 3.63) is 46.0 Å². The highest BCUT2D eigenvalue weighted by molar-refractivity contribution is 6.32. The van der Waals surface area contributed by atoms with Gasteiger partial charge in [-0.15, -0.1) is 0 Å². The molecule has 1 saturated carbocycles. The second-order valence-corrected chi connectivity index (χ2v) is 9.07. The number of halogens is 2. The van der Waals surface area contributed by atoms with Crippen molar-refractivity contribution in [1.29, 1.82) is 5.26 Å². The van der Waals surface area contributed by atoms with Crippen LogP contribution in [0.4, 0.5) is 14.9 Å². The lowest BCUT2D eigenvalue weighted by Gasteiger charge is -2.26. The summed E-state index contributed by atoms with van der Waals surface area (Å²) in [6.45, 7) is 5.33. The van der Waals surface area contributed by atoms with Crippen LogP contribution in [0.2, 0.25) is 5.02 Å². The first-order valence-electron chi connectivity index (χ1n) is 9.45. The normalized spacial score (nSPS) is 15.9. The van der Waals surface area contributed by atoms with Gasteiger partial charge in [0.25, 0.3) is 0 Å². The molecule has 2 aliphatic rings. The van der Waals surface area contributed by atoms with Gasteiger partial charge < -0.3 is 4.74 Å². The van der Waals surface area contributed by atoms with Crippen LogP contribution in [0, 0.1) is 17.1 Å². The van der Waals surface area contributed by atoms with Crippen LogP contribution in [-0.2, 0) is 16.6 Å². The van der Waals surface area contributed by atoms with E-state index in [1.807, 2.05) is 0 Å². The highest BCUT2D eigenvalue weighted by Gasteiger charge is 2.49. The third kappa shape index (κ3) is 3.24. The molecule has 0 radical (unpaired) electrons. The van der Waals surface area contributed by atoms with Gasteiger partial charge in [0.15, 0.2) is 0 Å². The van der Waals surface area contributed by atoms with Gasteiger partial charge in [0, 0.05) is 30.8 Å². The lowest BCUT2D eigenvalue weighted by atomic mass is 9.90. The fourth-order valence-corrected chi connectivity index (χ4v) is 4.21. The molecule has 1 fully saturated rings. The number of ether oxygens (including phenoxy) is 1. The second kappa shape index (κ2) is 6.43. The largest absolute Gasteiger partial charge is 0.443 e. The van der Waals surface area contributed by atoms with Crippen LogP contribution in [0.25, 0.3) is 11.1 Å². The maximum atomic E-state index is 14.6. The molecule has 150 valence electrons. The third-order valence-corrected chi connectivity index (χ3v) is 5.67. The topological polar surface area (TPSA) is 66.2 Å². The summed E-state index contributed by atoms with van der Waals surface area (Å²) in [4.78, 5) is 18.3. The van der Waals surface area contributed by atoms with Gasteiger partial charge in [0.1, 0.15) is 11.4 Å². The van der Waals surface area contributed by atoms with Gasteiger partial charge in [-0.2, -0.15) is 5.26 Å². The second-order valence-electron chi connectivity index (χ2n) is 8.66. The summed E-state index contributed by atoms with van der Waals surface area (Å²) in [5, 5.41) is 10.1. The summed E-state index contributed by atoms with van der Waals surface area (Å²) in [5.41, 5.74) is 2.72. The molecule has 5 nitrogen and oxygen atoms in total. The van der Waals surface area contributed by atoms with Crippen LogP contribution in [0.5, 0.6) is 0 Å². The molecule has 0 spiro atoms. The average Bonchev–Trinajstić information content (AvgIpc) is 3.34. The van der Waals surface area contributed by atoms with Gasteiger partial charge >= 0.3 is 6.09 Å². The summed E-state index contributed by atoms with van der Waals surface area (Å²) >= 11 is 6.45. The van der Waals surface area contributed by atoms with Crippen molar-refractivity contribution in [2.45, 2.75) is 51.0 Å². The zero-order chi connectivity index (χ0) is 21.1. The lowest BCUT2D eigenvalue weighted by molar-refractivity contribution is 0.0589. The molecule has 29 heavy (non-hydrogen) atoms. The Labute approximate surface area is 174 Å². The predicted molar refractivity (Wildman–Crippen MR) is 109 cm³/mol. The molecule has 2 aromatic rings. The standard InChI is InChI=1S/C22H21ClFN3O2/c1-21(2,3)29-20(28)27(4)17-8-12(24)7-14-13(17)9-16-18(14)19(15(23)10-26-16)22(11-25)5-6-22/h7-8,10H,5-6,9H2,1-4H3. The Hall–Kier alpha value is -2.65. The highest BCUT2D eigenvalue weighted by atomic mass is 35.5. The fraction of sp³-hybridized carbons (Fsp3) is 0.409. The van der Waals surface area contributed by atoms with Crippen molar-refractivity contribution in [3.8, 4) is 17.2 Å². The van der Waals surface area contributed by atoms with E-state index in [-0.39, 0.29) is 0 Å². The quantitative estimate of drug-likeness (QED) is 0.566. The minimum Gasteiger partial charge on any atom is -0.443 e. The number of benzene rings is 1. The van der Waals surface area contributed by atoms with Crippen LogP contribution in [0.3, 0.4) is 0 Å². The number of amides is 1. The minimum absolute atomic E-state index is 0.418. The molecule has 7 heteroatoms. The monoisotopic (exact) mass is 413 g/mol. The summed E-state index contributed by atoms with van der Waals surface area (Å²) in [5.74, 6) is -0.477. The smallest absolute Gasteiger partial charge is 0.414 e. The number of fused-ring (bicyclic) bond motifs is 3. The Morgan fingerprint density at radius 3 is 2.66 bits per heavy atom. The van der Waals surface area contributed by atoms with E-state index in [2.05, 4.69) is 11.1 Å². The van der Waals surface area contributed by atoms with E-state index in [1.165, 1.54) is 17.0 Å². The Bertz CT molecular complexity index is 1080. The van der Waals surface area contributed by atoms with Gasteiger partial charge in [-0.25, -0.2) is 9.18 Å². The number of anilines is 1. The first kappa shape index (κ1) is 19.7. The summed E-state index contributed by atoms with van der Waals surface area (Å²) in [6.07, 6.45) is 2.86. The average molecular weight is 414 g/mol. The van der Waals surface area contributed by atoms with Crippen molar-refractivity contribution >= 4 is 23.4 Å². The molecule has 1 aromatic carbocycles. The Morgan fingerprint density at radius 1 is 1.38 bits per heavy atom. The van der Waals surface area contributed by atoms with Crippen LogP contribution in [0.1, 0.15) is 50.4 Å². The first-order chi connectivity index (χ1) is 13.6.